The maximum atomic E-state index is 12.1. The van der Waals surface area contributed by atoms with Crippen molar-refractivity contribution >= 4 is 17.8 Å². The van der Waals surface area contributed by atoms with E-state index in [4.69, 9.17) is 9.47 Å². The van der Waals surface area contributed by atoms with Crippen LogP contribution < -0.4 is 20.2 Å². The molecule has 0 heterocycles. The number of benzene rings is 2. The third-order valence-electron chi connectivity index (χ3n) is 3.46. The van der Waals surface area contributed by atoms with Crippen LogP contribution in [-0.2, 0) is 4.79 Å². The fourth-order valence-corrected chi connectivity index (χ4v) is 2.10. The van der Waals surface area contributed by atoms with Crippen molar-refractivity contribution in [1.29, 1.82) is 0 Å². The largest absolute Gasteiger partial charge is 0.504 e. The lowest BCUT2D eigenvalue weighted by Crippen LogP contribution is -2.35. The van der Waals surface area contributed by atoms with Gasteiger partial charge in [-0.15, -0.1) is 0 Å². The lowest BCUT2D eigenvalue weighted by molar-refractivity contribution is -0.121. The lowest BCUT2D eigenvalue weighted by Gasteiger charge is -2.15. The van der Waals surface area contributed by atoms with Crippen molar-refractivity contribution in [2.45, 2.75) is 13.0 Å². The first-order valence-corrected chi connectivity index (χ1v) is 7.64. The molecule has 0 bridgehead atoms. The molecule has 1 unspecified atom stereocenters. The predicted octanol–water partition coefficient (Wildman–Crippen LogP) is 2.36. The van der Waals surface area contributed by atoms with Gasteiger partial charge in [0.1, 0.15) is 11.8 Å². The maximum Gasteiger partial charge on any atom is 0.262 e. The first-order valence-electron chi connectivity index (χ1n) is 7.64. The molecule has 0 fully saturated rings. The second-order valence-electron chi connectivity index (χ2n) is 5.23. The maximum absolute atomic E-state index is 12.1. The van der Waals surface area contributed by atoms with E-state index in [1.165, 1.54) is 19.4 Å². The van der Waals surface area contributed by atoms with Gasteiger partial charge < -0.3 is 19.9 Å². The van der Waals surface area contributed by atoms with Crippen molar-refractivity contribution in [1.82, 2.24) is 5.43 Å². The average Bonchev–Trinajstić information content (AvgIpc) is 2.63. The second-order valence-corrected chi connectivity index (χ2v) is 5.23. The summed E-state index contributed by atoms with van der Waals surface area (Å²) in [6.45, 7) is 1.72. The summed E-state index contributed by atoms with van der Waals surface area (Å²) in [7, 11) is 3.03. The number of carbonyl (C=O) groups is 1. The topological polar surface area (TPSA) is 92.2 Å². The van der Waals surface area contributed by atoms with Crippen molar-refractivity contribution in [2.24, 2.45) is 5.10 Å². The van der Waals surface area contributed by atoms with E-state index in [2.05, 4.69) is 15.8 Å². The summed E-state index contributed by atoms with van der Waals surface area (Å²) < 4.78 is 10.3. The van der Waals surface area contributed by atoms with Gasteiger partial charge in [0.05, 0.1) is 26.1 Å². The molecule has 2 aromatic rings. The Morgan fingerprint density at radius 3 is 2.60 bits per heavy atom. The minimum Gasteiger partial charge on any atom is -0.504 e. The van der Waals surface area contributed by atoms with Gasteiger partial charge in [0.25, 0.3) is 5.91 Å². The number of phenolic OH excluding ortho intramolecular Hbond substituents is 1. The van der Waals surface area contributed by atoms with Gasteiger partial charge in [-0.05, 0) is 42.8 Å². The van der Waals surface area contributed by atoms with E-state index in [0.717, 1.165) is 5.69 Å². The van der Waals surface area contributed by atoms with Gasteiger partial charge in [0.2, 0.25) is 0 Å². The molecule has 3 N–H and O–H groups in total. The molecule has 7 nitrogen and oxygen atoms in total. The Balaban J connectivity index is 1.95. The summed E-state index contributed by atoms with van der Waals surface area (Å²) in [5.41, 5.74) is 3.87. The number of nitrogens with one attached hydrogen (secondary N) is 2. The Kier molecular flexibility index (Phi) is 6.22. The highest BCUT2D eigenvalue weighted by molar-refractivity contribution is 5.87. The SMILES string of the molecule is COc1cc(/C=N/NC(=O)C(C)Nc2ccccc2OC)ccc1O. The Morgan fingerprint density at radius 2 is 1.88 bits per heavy atom. The number of hydrogen-bond donors (Lipinski definition) is 3. The molecule has 7 heteroatoms. The second kappa shape index (κ2) is 8.58. The van der Waals surface area contributed by atoms with E-state index in [-0.39, 0.29) is 11.7 Å². The lowest BCUT2D eigenvalue weighted by atomic mass is 10.2. The van der Waals surface area contributed by atoms with Crippen LogP contribution >= 0.6 is 0 Å². The van der Waals surface area contributed by atoms with Crippen LogP contribution in [-0.4, -0.2) is 37.5 Å². The molecule has 2 aromatic carbocycles. The molecule has 0 aromatic heterocycles. The predicted molar refractivity (Wildman–Crippen MR) is 96.5 cm³/mol. The summed E-state index contributed by atoms with van der Waals surface area (Å²) in [5, 5.41) is 16.5. The quantitative estimate of drug-likeness (QED) is 0.530. The molecular formula is C18H21N3O4. The fourth-order valence-electron chi connectivity index (χ4n) is 2.10. The number of hydrazone groups is 1. The normalized spacial score (nSPS) is 11.8. The van der Waals surface area contributed by atoms with Crippen LogP contribution in [0.2, 0.25) is 0 Å². The molecule has 2 rings (SSSR count). The minimum atomic E-state index is -0.511. The highest BCUT2D eigenvalue weighted by Gasteiger charge is 2.13. The van der Waals surface area contributed by atoms with Crippen molar-refractivity contribution in [2.75, 3.05) is 19.5 Å². The number of nitrogens with zero attached hydrogens (tertiary/aromatic N) is 1. The number of aromatic hydroxyl groups is 1. The number of rotatable bonds is 7. The molecule has 1 atom stereocenters. The number of amides is 1. The summed E-state index contributed by atoms with van der Waals surface area (Å²) in [6, 6.07) is 11.6. The van der Waals surface area contributed by atoms with Crippen molar-refractivity contribution in [3.05, 3.63) is 48.0 Å². The van der Waals surface area contributed by atoms with Gasteiger partial charge in [-0.3, -0.25) is 4.79 Å². The van der Waals surface area contributed by atoms with Crippen LogP contribution in [0.4, 0.5) is 5.69 Å². The third kappa shape index (κ3) is 4.87. The number of ether oxygens (including phenoxy) is 2. The summed E-state index contributed by atoms with van der Waals surface area (Å²) in [4.78, 5) is 12.1. The van der Waals surface area contributed by atoms with Gasteiger partial charge in [-0.25, -0.2) is 5.43 Å². The van der Waals surface area contributed by atoms with Crippen LogP contribution in [0.1, 0.15) is 12.5 Å². The summed E-state index contributed by atoms with van der Waals surface area (Å²) in [6.07, 6.45) is 1.47. The third-order valence-corrected chi connectivity index (χ3v) is 3.46. The number of carbonyl (C=O) groups excluding carboxylic acids is 1. The van der Waals surface area contributed by atoms with Gasteiger partial charge in [-0.1, -0.05) is 12.1 Å². The first-order chi connectivity index (χ1) is 12.0. The Morgan fingerprint density at radius 1 is 1.16 bits per heavy atom. The Labute approximate surface area is 146 Å². The number of anilines is 1. The van der Waals surface area contributed by atoms with Crippen LogP contribution in [0, 0.1) is 0 Å². The van der Waals surface area contributed by atoms with Crippen molar-refractivity contribution in [3.8, 4) is 17.2 Å². The van der Waals surface area contributed by atoms with E-state index in [9.17, 15) is 9.90 Å². The van der Waals surface area contributed by atoms with Crippen molar-refractivity contribution in [3.63, 3.8) is 0 Å². The molecule has 0 radical (unpaired) electrons. The van der Waals surface area contributed by atoms with Gasteiger partial charge >= 0.3 is 0 Å². The van der Waals surface area contributed by atoms with Gasteiger partial charge in [0, 0.05) is 0 Å². The Bertz CT molecular complexity index is 762. The molecular weight excluding hydrogens is 322 g/mol. The number of phenols is 1. The monoisotopic (exact) mass is 343 g/mol. The van der Waals surface area contributed by atoms with E-state index >= 15 is 0 Å². The van der Waals surface area contributed by atoms with Crippen LogP contribution in [0.5, 0.6) is 17.2 Å². The summed E-state index contributed by atoms with van der Waals surface area (Å²) in [5.74, 6) is 0.731. The molecule has 25 heavy (non-hydrogen) atoms. The van der Waals surface area contributed by atoms with Crippen LogP contribution in [0.25, 0.3) is 0 Å². The molecule has 0 saturated heterocycles. The number of para-hydroxylation sites is 2. The van der Waals surface area contributed by atoms with E-state index in [1.54, 1.807) is 26.2 Å². The summed E-state index contributed by atoms with van der Waals surface area (Å²) >= 11 is 0. The Hall–Kier alpha value is -3.22. The van der Waals surface area contributed by atoms with Gasteiger partial charge in [0.15, 0.2) is 11.5 Å². The number of hydrogen-bond acceptors (Lipinski definition) is 6. The minimum absolute atomic E-state index is 0.0401. The molecule has 1 amide bonds. The molecule has 0 aliphatic rings. The number of methoxy groups -OCH3 is 2. The zero-order valence-electron chi connectivity index (χ0n) is 14.3. The van der Waals surface area contributed by atoms with Crippen LogP contribution in [0.3, 0.4) is 0 Å². The van der Waals surface area contributed by atoms with Gasteiger partial charge in [-0.2, -0.15) is 5.10 Å². The first kappa shape index (κ1) is 18.1. The molecule has 0 aliphatic heterocycles. The zero-order chi connectivity index (χ0) is 18.2. The van der Waals surface area contributed by atoms with E-state index < -0.39 is 6.04 Å². The molecule has 132 valence electrons. The molecule has 0 spiro atoms. The zero-order valence-corrected chi connectivity index (χ0v) is 14.3. The highest BCUT2D eigenvalue weighted by Crippen LogP contribution is 2.25. The molecule has 0 saturated carbocycles. The standard InChI is InChI=1S/C18H21N3O4/c1-12(20-14-6-4-5-7-16(14)24-2)18(23)21-19-11-13-8-9-15(22)17(10-13)25-3/h4-12,20,22H,1-3H3,(H,21,23)/b19-11+. The van der Waals surface area contributed by atoms with E-state index in [0.29, 0.717) is 17.1 Å². The molecule has 0 aliphatic carbocycles. The van der Waals surface area contributed by atoms with E-state index in [1.807, 2.05) is 24.3 Å². The fraction of sp³-hybridized carbons (Fsp3) is 0.222. The van der Waals surface area contributed by atoms with Crippen molar-refractivity contribution < 1.29 is 19.4 Å². The smallest absolute Gasteiger partial charge is 0.262 e. The van der Waals surface area contributed by atoms with Crippen LogP contribution in [0.15, 0.2) is 47.6 Å². The average molecular weight is 343 g/mol. The highest BCUT2D eigenvalue weighted by atomic mass is 16.5.